The van der Waals surface area contributed by atoms with Crippen LogP contribution in [0.4, 0.5) is 0 Å². The molecule has 0 radical (unpaired) electrons. The second-order valence-electron chi connectivity index (χ2n) is 1.74. The molecule has 0 saturated heterocycles. The highest BCUT2D eigenvalue weighted by atomic mass is 35.5. The summed E-state index contributed by atoms with van der Waals surface area (Å²) in [6.07, 6.45) is 0. The van der Waals surface area contributed by atoms with E-state index < -0.39 is 0 Å². The van der Waals surface area contributed by atoms with Crippen molar-refractivity contribution in [3.8, 4) is 0 Å². The van der Waals surface area contributed by atoms with Gasteiger partial charge in [0, 0.05) is 0 Å². The third-order valence-electron chi connectivity index (χ3n) is 0.945. The summed E-state index contributed by atoms with van der Waals surface area (Å²) in [7, 11) is 0. The van der Waals surface area contributed by atoms with Crippen LogP contribution in [0, 0.1) is 0 Å². The Bertz CT molecular complexity index is 233. The van der Waals surface area contributed by atoms with Gasteiger partial charge in [0.25, 0.3) is 0 Å². The molecule has 0 amide bonds. The van der Waals surface area contributed by atoms with E-state index >= 15 is 0 Å². The lowest BCUT2D eigenvalue weighted by Gasteiger charge is -1.94. The Balaban J connectivity index is 3.03. The zero-order chi connectivity index (χ0) is 7.72. The molecule has 0 aliphatic carbocycles. The van der Waals surface area contributed by atoms with Crippen LogP contribution in [0.1, 0.15) is 17.2 Å². The van der Waals surface area contributed by atoms with Gasteiger partial charge in [-0.25, -0.2) is 4.98 Å². The first-order valence-electron chi connectivity index (χ1n) is 2.57. The van der Waals surface area contributed by atoms with Gasteiger partial charge in [-0.15, -0.1) is 22.9 Å². The number of thiazole rings is 1. The van der Waals surface area contributed by atoms with E-state index in [1.165, 1.54) is 11.3 Å². The zero-order valence-electron chi connectivity index (χ0n) is 5.07. The second kappa shape index (κ2) is 3.26. The summed E-state index contributed by atoms with van der Waals surface area (Å²) in [6.45, 7) is 1.83. The molecule has 10 heavy (non-hydrogen) atoms. The number of halogens is 3. The molecule has 1 nitrogen and oxygen atoms in total. The van der Waals surface area contributed by atoms with Crippen LogP contribution in [0.25, 0.3) is 0 Å². The molecule has 0 aliphatic heterocycles. The predicted octanol–water partition coefficient (Wildman–Crippen LogP) is 3.75. The first kappa shape index (κ1) is 8.60. The molecule has 0 saturated carbocycles. The minimum atomic E-state index is -0.113. The topological polar surface area (TPSA) is 12.9 Å². The fraction of sp³-hybridized carbons (Fsp3) is 0.400. The summed E-state index contributed by atoms with van der Waals surface area (Å²) >= 11 is 18.3. The molecule has 0 bridgehead atoms. The van der Waals surface area contributed by atoms with Gasteiger partial charge in [-0.05, 0) is 6.92 Å². The van der Waals surface area contributed by atoms with E-state index in [4.69, 9.17) is 34.8 Å². The average Bonchev–Trinajstić information content (AvgIpc) is 2.10. The predicted molar refractivity (Wildman–Crippen MR) is 46.4 cm³/mol. The van der Waals surface area contributed by atoms with Crippen molar-refractivity contribution in [2.75, 3.05) is 0 Å². The highest BCUT2D eigenvalue weighted by Gasteiger charge is 2.11. The van der Waals surface area contributed by atoms with E-state index in [-0.39, 0.29) is 5.38 Å². The van der Waals surface area contributed by atoms with Gasteiger partial charge in [-0.1, -0.05) is 23.2 Å². The Labute approximate surface area is 77.9 Å². The van der Waals surface area contributed by atoms with Gasteiger partial charge in [0.05, 0.1) is 10.3 Å². The molecule has 0 aliphatic rings. The normalized spacial score (nSPS) is 13.6. The fourth-order valence-corrected chi connectivity index (χ4v) is 2.23. The van der Waals surface area contributed by atoms with Crippen LogP contribution in [0.5, 0.6) is 0 Å². The lowest BCUT2D eigenvalue weighted by Crippen LogP contribution is -1.77. The number of aromatic nitrogens is 1. The molecule has 0 spiro atoms. The molecule has 1 atom stereocenters. The van der Waals surface area contributed by atoms with Crippen LogP contribution in [0.2, 0.25) is 9.62 Å². The lowest BCUT2D eigenvalue weighted by atomic mass is 10.4. The standard InChI is InChI=1S/C5H4Cl3NS/c1-2(6)3-4(7)9-5(8)10-3/h2H,1H3. The van der Waals surface area contributed by atoms with Gasteiger partial charge in [0.15, 0.2) is 4.47 Å². The molecule has 0 N–H and O–H groups in total. The maximum absolute atomic E-state index is 5.75. The first-order chi connectivity index (χ1) is 4.61. The van der Waals surface area contributed by atoms with Crippen molar-refractivity contribution >= 4 is 46.1 Å². The van der Waals surface area contributed by atoms with E-state index in [2.05, 4.69) is 4.98 Å². The van der Waals surface area contributed by atoms with E-state index in [0.717, 1.165) is 4.88 Å². The van der Waals surface area contributed by atoms with Crippen LogP contribution in [0.15, 0.2) is 0 Å². The highest BCUT2D eigenvalue weighted by molar-refractivity contribution is 7.16. The lowest BCUT2D eigenvalue weighted by molar-refractivity contribution is 1.11. The molecule has 1 heterocycles. The van der Waals surface area contributed by atoms with Crippen LogP contribution in [0.3, 0.4) is 0 Å². The van der Waals surface area contributed by atoms with Crippen molar-refractivity contribution < 1.29 is 0 Å². The van der Waals surface area contributed by atoms with Crippen molar-refractivity contribution in [2.24, 2.45) is 0 Å². The summed E-state index contributed by atoms with van der Waals surface area (Å²) in [5, 5.41) is 0.301. The summed E-state index contributed by atoms with van der Waals surface area (Å²) in [4.78, 5) is 4.62. The maximum Gasteiger partial charge on any atom is 0.185 e. The monoisotopic (exact) mass is 215 g/mol. The highest BCUT2D eigenvalue weighted by Crippen LogP contribution is 2.34. The molecule has 1 aromatic rings. The minimum absolute atomic E-state index is 0.113. The Morgan fingerprint density at radius 2 is 2.10 bits per heavy atom. The number of hydrogen-bond donors (Lipinski definition) is 0. The van der Waals surface area contributed by atoms with Gasteiger partial charge in [0.1, 0.15) is 5.15 Å². The van der Waals surface area contributed by atoms with Crippen molar-refractivity contribution in [1.29, 1.82) is 0 Å². The van der Waals surface area contributed by atoms with E-state index in [1.54, 1.807) is 0 Å². The largest absolute Gasteiger partial charge is 0.213 e. The van der Waals surface area contributed by atoms with E-state index in [9.17, 15) is 0 Å². The van der Waals surface area contributed by atoms with Gasteiger partial charge >= 0.3 is 0 Å². The van der Waals surface area contributed by atoms with Crippen molar-refractivity contribution in [2.45, 2.75) is 12.3 Å². The number of rotatable bonds is 1. The third-order valence-corrected chi connectivity index (χ3v) is 3.04. The van der Waals surface area contributed by atoms with Gasteiger partial charge in [-0.3, -0.25) is 0 Å². The summed E-state index contributed by atoms with van der Waals surface area (Å²) in [6, 6.07) is 0. The molecule has 0 aromatic carbocycles. The molecule has 1 unspecified atom stereocenters. The van der Waals surface area contributed by atoms with Gasteiger partial charge in [0.2, 0.25) is 0 Å². The van der Waals surface area contributed by atoms with E-state index in [0.29, 0.717) is 9.62 Å². The molecule has 5 heteroatoms. The number of alkyl halides is 1. The summed E-state index contributed by atoms with van der Waals surface area (Å²) < 4.78 is 0.438. The average molecular weight is 217 g/mol. The molecular formula is C5H4Cl3NS. The van der Waals surface area contributed by atoms with Crippen LogP contribution in [-0.2, 0) is 0 Å². The Hall–Kier alpha value is 0.500. The number of nitrogens with zero attached hydrogens (tertiary/aromatic N) is 1. The van der Waals surface area contributed by atoms with Crippen molar-refractivity contribution in [3.05, 3.63) is 14.5 Å². The van der Waals surface area contributed by atoms with Crippen molar-refractivity contribution in [1.82, 2.24) is 4.98 Å². The van der Waals surface area contributed by atoms with E-state index in [1.807, 2.05) is 6.92 Å². The van der Waals surface area contributed by atoms with Crippen LogP contribution >= 0.6 is 46.1 Å². The molecular weight excluding hydrogens is 212 g/mol. The van der Waals surface area contributed by atoms with Crippen LogP contribution < -0.4 is 0 Å². The zero-order valence-corrected chi connectivity index (χ0v) is 8.15. The van der Waals surface area contributed by atoms with Crippen molar-refractivity contribution in [3.63, 3.8) is 0 Å². The Kier molecular flexibility index (Phi) is 2.81. The molecule has 0 fully saturated rings. The quantitative estimate of drug-likeness (QED) is 0.652. The number of hydrogen-bond acceptors (Lipinski definition) is 2. The smallest absolute Gasteiger partial charge is 0.185 e. The molecule has 1 rings (SSSR count). The third kappa shape index (κ3) is 1.76. The van der Waals surface area contributed by atoms with Crippen LogP contribution in [-0.4, -0.2) is 4.98 Å². The Morgan fingerprint density at radius 1 is 1.50 bits per heavy atom. The molecule has 1 aromatic heterocycles. The fourth-order valence-electron chi connectivity index (χ4n) is 0.533. The second-order valence-corrected chi connectivity index (χ2v) is 4.36. The van der Waals surface area contributed by atoms with Gasteiger partial charge in [-0.2, -0.15) is 0 Å². The van der Waals surface area contributed by atoms with Gasteiger partial charge < -0.3 is 0 Å². The Morgan fingerprint density at radius 3 is 2.30 bits per heavy atom. The maximum atomic E-state index is 5.75. The summed E-state index contributed by atoms with van der Waals surface area (Å²) in [5.41, 5.74) is 0. The molecule has 56 valence electrons. The first-order valence-corrected chi connectivity index (χ1v) is 4.58. The SMILES string of the molecule is CC(Cl)c1sc(Cl)nc1Cl. The minimum Gasteiger partial charge on any atom is -0.213 e. The summed E-state index contributed by atoms with van der Waals surface area (Å²) in [5.74, 6) is 0.